The number of hydrogen-bond donors (Lipinski definition) is 1. The highest BCUT2D eigenvalue weighted by atomic mass is 35.5. The molecule has 1 atom stereocenters. The first-order valence-electron chi connectivity index (χ1n) is 5.66. The zero-order valence-electron chi connectivity index (χ0n) is 10.9. The monoisotopic (exact) mass is 245 g/mol. The van der Waals surface area contributed by atoms with Crippen molar-refractivity contribution in [3.8, 4) is 11.5 Å². The smallest absolute Gasteiger partial charge is 0.231 e. The van der Waals surface area contributed by atoms with Gasteiger partial charge in [-0.3, -0.25) is 4.79 Å². The molecule has 1 N–H and O–H groups in total. The molecule has 1 aliphatic heterocycles. The maximum Gasteiger partial charge on any atom is 0.231 e. The van der Waals surface area contributed by atoms with E-state index in [9.17, 15) is 4.79 Å². The third-order valence-corrected chi connectivity index (χ3v) is 2.36. The third-order valence-electron chi connectivity index (χ3n) is 2.36. The van der Waals surface area contributed by atoms with Gasteiger partial charge in [0.05, 0.1) is 6.04 Å². The Hall–Kier alpha value is -1.26. The summed E-state index contributed by atoms with van der Waals surface area (Å²) in [5.41, 5.74) is 0.465. The standard InChI is InChI=1S/C11H13NO3.ClH/c1-7(12-2)11(13)8-3-4-9-10(5-8)15-6-14-9;/h3-5,7,12H,6H2,1-2H3;1H/t7-;/m0./s1/i6D2;. The van der Waals surface area contributed by atoms with Crippen molar-refractivity contribution in [3.63, 3.8) is 0 Å². The maximum atomic E-state index is 11.9. The lowest BCUT2D eigenvalue weighted by atomic mass is 10.1. The highest BCUT2D eigenvalue weighted by molar-refractivity contribution is 6.00. The number of hydrogen-bond acceptors (Lipinski definition) is 4. The molecule has 5 heteroatoms. The zero-order valence-corrected chi connectivity index (χ0v) is 9.76. The van der Waals surface area contributed by atoms with Gasteiger partial charge in [-0.05, 0) is 32.2 Å². The van der Waals surface area contributed by atoms with Crippen molar-refractivity contribution >= 4 is 18.2 Å². The molecule has 1 heterocycles. The highest BCUT2D eigenvalue weighted by Gasteiger charge is 2.18. The van der Waals surface area contributed by atoms with Crippen LogP contribution in [-0.2, 0) is 0 Å². The van der Waals surface area contributed by atoms with Crippen molar-refractivity contribution in [2.75, 3.05) is 13.8 Å². The predicted molar refractivity (Wildman–Crippen MR) is 62.7 cm³/mol. The van der Waals surface area contributed by atoms with Crippen LogP contribution < -0.4 is 14.8 Å². The van der Waals surface area contributed by atoms with E-state index in [1.54, 1.807) is 20.0 Å². The van der Waals surface area contributed by atoms with E-state index in [-0.39, 0.29) is 30.0 Å². The average molecular weight is 246 g/mol. The number of Topliss-reactive ketones (excluding diaryl/α,β-unsaturated/α-hetero) is 1. The van der Waals surface area contributed by atoms with Gasteiger partial charge in [-0.1, -0.05) is 0 Å². The summed E-state index contributed by atoms with van der Waals surface area (Å²) in [5, 5.41) is 2.85. The van der Waals surface area contributed by atoms with Crippen molar-refractivity contribution in [1.29, 1.82) is 0 Å². The van der Waals surface area contributed by atoms with Crippen molar-refractivity contribution in [2.45, 2.75) is 13.0 Å². The minimum Gasteiger partial charge on any atom is -0.454 e. The number of carbonyl (C=O) groups is 1. The number of fused-ring (bicyclic) bond motifs is 1. The van der Waals surface area contributed by atoms with Gasteiger partial charge in [-0.25, -0.2) is 0 Å². The minimum atomic E-state index is -2.15. The van der Waals surface area contributed by atoms with Gasteiger partial charge in [0.15, 0.2) is 17.3 Å². The van der Waals surface area contributed by atoms with Crippen LogP contribution in [0.1, 0.15) is 20.0 Å². The molecule has 4 nitrogen and oxygen atoms in total. The number of ether oxygens (including phenoxy) is 2. The maximum absolute atomic E-state index is 11.9. The van der Waals surface area contributed by atoms with E-state index in [1.165, 1.54) is 12.1 Å². The minimum absolute atomic E-state index is 0. The molecule has 0 saturated carbocycles. The Morgan fingerprint density at radius 2 is 2.19 bits per heavy atom. The van der Waals surface area contributed by atoms with Gasteiger partial charge in [0.2, 0.25) is 6.75 Å². The first kappa shape index (κ1) is 9.93. The fourth-order valence-corrected chi connectivity index (χ4v) is 1.32. The molecule has 0 unspecified atom stereocenters. The third kappa shape index (κ3) is 2.28. The molecule has 0 bridgehead atoms. The van der Waals surface area contributed by atoms with Gasteiger partial charge in [-0.2, -0.15) is 0 Å². The van der Waals surface area contributed by atoms with Crippen molar-refractivity contribution < 1.29 is 17.0 Å². The number of likely N-dealkylation sites (N-methyl/N-ethyl adjacent to an activating group) is 1. The summed E-state index contributed by atoms with van der Waals surface area (Å²) in [6, 6.07) is 4.33. The van der Waals surface area contributed by atoms with E-state index in [0.29, 0.717) is 11.3 Å². The second kappa shape index (κ2) is 5.18. The lowest BCUT2D eigenvalue weighted by molar-refractivity contribution is 0.0954. The fraction of sp³-hybridized carbons (Fsp3) is 0.364. The number of benzene rings is 1. The van der Waals surface area contributed by atoms with E-state index < -0.39 is 6.75 Å². The Kier molecular flexibility index (Phi) is 3.22. The average Bonchev–Trinajstić information content (AvgIpc) is 2.59. The lowest BCUT2D eigenvalue weighted by Crippen LogP contribution is -2.30. The Morgan fingerprint density at radius 1 is 1.50 bits per heavy atom. The Labute approximate surface area is 103 Å². The number of nitrogens with one attached hydrogen (secondary N) is 1. The Morgan fingerprint density at radius 3 is 2.88 bits per heavy atom. The summed E-state index contributed by atoms with van der Waals surface area (Å²) >= 11 is 0. The molecule has 88 valence electrons. The summed E-state index contributed by atoms with van der Waals surface area (Å²) in [6.45, 7) is -0.398. The summed E-state index contributed by atoms with van der Waals surface area (Å²) in [5.74, 6) is 0.485. The summed E-state index contributed by atoms with van der Waals surface area (Å²) in [6.07, 6.45) is 0. The van der Waals surface area contributed by atoms with E-state index in [0.717, 1.165) is 0 Å². The van der Waals surface area contributed by atoms with Crippen LogP contribution >= 0.6 is 12.4 Å². The van der Waals surface area contributed by atoms with E-state index >= 15 is 0 Å². The molecular formula is C11H14ClNO3. The predicted octanol–water partition coefficient (Wildman–Crippen LogP) is 1.63. The van der Waals surface area contributed by atoms with Crippen LogP contribution in [0.5, 0.6) is 11.5 Å². The number of halogens is 1. The first-order chi connectivity index (χ1) is 7.93. The molecule has 0 aromatic heterocycles. The zero-order chi connectivity index (χ0) is 12.6. The van der Waals surface area contributed by atoms with Gasteiger partial charge in [0.1, 0.15) is 2.74 Å². The molecule has 16 heavy (non-hydrogen) atoms. The SMILES string of the molecule is Cl.[2H]C1([2H])Oc2ccc(C(=O)[C@H](C)NC)cc2O1. The van der Waals surface area contributed by atoms with Crippen LogP contribution in [0, 0.1) is 0 Å². The highest BCUT2D eigenvalue weighted by Crippen LogP contribution is 2.32. The van der Waals surface area contributed by atoms with Crippen LogP contribution in [-0.4, -0.2) is 25.6 Å². The van der Waals surface area contributed by atoms with Gasteiger partial charge >= 0.3 is 0 Å². The molecule has 0 radical (unpaired) electrons. The molecule has 1 aromatic carbocycles. The van der Waals surface area contributed by atoms with E-state index in [2.05, 4.69) is 5.32 Å². The fourth-order valence-electron chi connectivity index (χ4n) is 1.32. The van der Waals surface area contributed by atoms with Gasteiger partial charge in [0.25, 0.3) is 0 Å². The largest absolute Gasteiger partial charge is 0.454 e. The molecule has 0 amide bonds. The van der Waals surface area contributed by atoms with E-state index in [4.69, 9.17) is 12.2 Å². The van der Waals surface area contributed by atoms with Crippen LogP contribution in [0.25, 0.3) is 0 Å². The molecule has 2 rings (SSSR count). The van der Waals surface area contributed by atoms with Crippen molar-refractivity contribution in [1.82, 2.24) is 5.32 Å². The van der Waals surface area contributed by atoms with Crippen molar-refractivity contribution in [2.24, 2.45) is 0 Å². The van der Waals surface area contributed by atoms with Gasteiger partial charge in [0, 0.05) is 5.56 Å². The first-order valence-corrected chi connectivity index (χ1v) is 4.66. The quantitative estimate of drug-likeness (QED) is 0.823. The summed E-state index contributed by atoms with van der Waals surface area (Å²) < 4.78 is 24.4. The van der Waals surface area contributed by atoms with E-state index in [1.807, 2.05) is 0 Å². The van der Waals surface area contributed by atoms with Crippen LogP contribution in [0.3, 0.4) is 0 Å². The van der Waals surface area contributed by atoms with Gasteiger partial charge in [-0.15, -0.1) is 12.4 Å². The molecule has 0 fully saturated rings. The topological polar surface area (TPSA) is 47.6 Å². The van der Waals surface area contributed by atoms with Crippen LogP contribution in [0.15, 0.2) is 18.2 Å². The Bertz CT molecular complexity index is 468. The molecule has 0 spiro atoms. The molecule has 0 saturated heterocycles. The van der Waals surface area contributed by atoms with Crippen molar-refractivity contribution in [3.05, 3.63) is 23.8 Å². The summed E-state index contributed by atoms with van der Waals surface area (Å²) in [7, 11) is 1.70. The number of ketones is 1. The van der Waals surface area contributed by atoms with Crippen LogP contribution in [0.4, 0.5) is 0 Å². The lowest BCUT2D eigenvalue weighted by Gasteiger charge is -2.09. The second-order valence-electron chi connectivity index (χ2n) is 3.32. The molecule has 0 aliphatic carbocycles. The number of rotatable bonds is 3. The summed E-state index contributed by atoms with van der Waals surface area (Å²) in [4.78, 5) is 11.9. The molecule has 1 aliphatic rings. The Balaban J connectivity index is 0.00000162. The normalized spacial score (nSPS) is 19.1. The van der Waals surface area contributed by atoms with Crippen LogP contribution in [0.2, 0.25) is 0 Å². The molecular weight excluding hydrogens is 230 g/mol. The second-order valence-corrected chi connectivity index (χ2v) is 3.32. The van der Waals surface area contributed by atoms with Gasteiger partial charge < -0.3 is 14.8 Å². The molecule has 1 aromatic rings. The number of carbonyl (C=O) groups excluding carboxylic acids is 1.